The van der Waals surface area contributed by atoms with E-state index in [0.717, 1.165) is 0 Å². The lowest BCUT2D eigenvalue weighted by Crippen LogP contribution is -1.90. The van der Waals surface area contributed by atoms with Crippen LogP contribution in [0.2, 0.25) is 0 Å². The van der Waals surface area contributed by atoms with Gasteiger partial charge in [0.1, 0.15) is 5.85 Å². The third-order valence-electron chi connectivity index (χ3n) is 0.542. The molecule has 0 amide bonds. The van der Waals surface area contributed by atoms with Crippen molar-refractivity contribution in [2.75, 3.05) is 7.11 Å². The van der Waals surface area contributed by atoms with Crippen molar-refractivity contribution in [3.05, 3.63) is 0 Å². The summed E-state index contributed by atoms with van der Waals surface area (Å²) < 4.78 is 14.5. The molecule has 44 valence electrons. The van der Waals surface area contributed by atoms with Gasteiger partial charge in [0, 0.05) is 7.11 Å². The molecule has 0 saturated heterocycles. The fourth-order valence-electron chi connectivity index (χ4n) is 0.171. The molecule has 1 N–H and O–H groups in total. The van der Waals surface area contributed by atoms with Crippen molar-refractivity contribution < 1.29 is 14.2 Å². The van der Waals surface area contributed by atoms with Crippen molar-refractivity contribution >= 4 is 8.03 Å². The summed E-state index contributed by atoms with van der Waals surface area (Å²) in [7, 11) is -0.827. The summed E-state index contributed by atoms with van der Waals surface area (Å²) in [5.74, 6) is -0.810. The van der Waals surface area contributed by atoms with Gasteiger partial charge < -0.3 is 9.63 Å². The summed E-state index contributed by atoms with van der Waals surface area (Å²) in [5, 5.41) is 8.43. The van der Waals surface area contributed by atoms with Crippen LogP contribution in [0.25, 0.3) is 0 Å². The molecule has 0 fully saturated rings. The molecule has 7 heavy (non-hydrogen) atoms. The summed E-state index contributed by atoms with van der Waals surface area (Å²) in [6.45, 7) is 1.44. The maximum absolute atomic E-state index is 10.2. The molecule has 0 saturated carbocycles. The summed E-state index contributed by atoms with van der Waals surface area (Å²) in [6, 6.07) is 0. The predicted molar refractivity (Wildman–Crippen MR) is 27.7 cm³/mol. The van der Waals surface area contributed by atoms with E-state index in [-0.39, 0.29) is 0 Å². The van der Waals surface area contributed by atoms with Crippen LogP contribution in [0.15, 0.2) is 0 Å². The van der Waals surface area contributed by atoms with Crippen molar-refractivity contribution in [2.45, 2.75) is 12.8 Å². The van der Waals surface area contributed by atoms with Crippen LogP contribution < -0.4 is 0 Å². The van der Waals surface area contributed by atoms with E-state index in [1.807, 2.05) is 0 Å². The molecule has 2 unspecified atom stereocenters. The van der Waals surface area contributed by atoms with Gasteiger partial charge in [-0.3, -0.25) is 4.57 Å². The maximum atomic E-state index is 10.2. The average molecular weight is 124 g/mol. The highest BCUT2D eigenvalue weighted by Crippen LogP contribution is 2.24. The zero-order valence-corrected chi connectivity index (χ0v) is 5.34. The lowest BCUT2D eigenvalue weighted by Gasteiger charge is -1.98. The Morgan fingerprint density at radius 2 is 2.29 bits per heavy atom. The Labute approximate surface area is 43.2 Å². The molecule has 0 aliphatic rings. The van der Waals surface area contributed by atoms with Gasteiger partial charge in [-0.15, -0.1) is 0 Å². The van der Waals surface area contributed by atoms with Crippen molar-refractivity contribution in [3.8, 4) is 0 Å². The largest absolute Gasteiger partial charge is 0.384 e. The van der Waals surface area contributed by atoms with Crippen molar-refractivity contribution in [1.29, 1.82) is 0 Å². The van der Waals surface area contributed by atoms with Gasteiger partial charge in [-0.25, -0.2) is 0 Å². The molecular formula is C3H9O3P. The van der Waals surface area contributed by atoms with Gasteiger partial charge in [-0.1, -0.05) is 0 Å². The third kappa shape index (κ3) is 2.80. The topological polar surface area (TPSA) is 46.5 Å². The van der Waals surface area contributed by atoms with E-state index < -0.39 is 13.9 Å². The summed E-state index contributed by atoms with van der Waals surface area (Å²) >= 11 is 0. The number of aliphatic hydroxyl groups excluding tert-OH is 1. The number of rotatable bonds is 2. The van der Waals surface area contributed by atoms with Gasteiger partial charge in [0.15, 0.2) is 0 Å². The quantitative estimate of drug-likeness (QED) is 0.543. The molecule has 0 aliphatic heterocycles. The SMILES string of the molecule is CO[PH](=O)C(C)O. The van der Waals surface area contributed by atoms with Gasteiger partial charge >= 0.3 is 0 Å². The third-order valence-corrected chi connectivity index (χ3v) is 1.63. The highest BCUT2D eigenvalue weighted by atomic mass is 31.1. The molecule has 0 spiro atoms. The Balaban J connectivity index is 3.35. The van der Waals surface area contributed by atoms with Crippen LogP contribution in [0.5, 0.6) is 0 Å². The molecule has 0 bridgehead atoms. The second kappa shape index (κ2) is 3.19. The molecule has 3 nitrogen and oxygen atoms in total. The van der Waals surface area contributed by atoms with Crippen LogP contribution >= 0.6 is 8.03 Å². The monoisotopic (exact) mass is 124 g/mol. The smallest absolute Gasteiger partial charge is 0.218 e. The van der Waals surface area contributed by atoms with E-state index in [4.69, 9.17) is 5.11 Å². The maximum Gasteiger partial charge on any atom is 0.218 e. The van der Waals surface area contributed by atoms with E-state index in [2.05, 4.69) is 4.52 Å². The molecule has 0 heterocycles. The van der Waals surface area contributed by atoms with E-state index in [1.165, 1.54) is 14.0 Å². The first-order valence-corrected chi connectivity index (χ1v) is 3.33. The van der Waals surface area contributed by atoms with Crippen LogP contribution in [0.3, 0.4) is 0 Å². The van der Waals surface area contributed by atoms with E-state index in [9.17, 15) is 4.57 Å². The van der Waals surface area contributed by atoms with E-state index in [0.29, 0.717) is 0 Å². The van der Waals surface area contributed by atoms with Crippen LogP contribution in [0.4, 0.5) is 0 Å². The zero-order valence-electron chi connectivity index (χ0n) is 4.34. The van der Waals surface area contributed by atoms with Gasteiger partial charge in [0.2, 0.25) is 8.03 Å². The molecule has 0 aromatic carbocycles. The summed E-state index contributed by atoms with van der Waals surface area (Å²) in [6.07, 6.45) is 0. The highest BCUT2D eigenvalue weighted by Gasteiger charge is 2.01. The second-order valence-electron chi connectivity index (χ2n) is 1.20. The molecular weight excluding hydrogens is 115 g/mol. The first-order valence-electron chi connectivity index (χ1n) is 1.94. The molecule has 0 aromatic heterocycles. The Kier molecular flexibility index (Phi) is 3.26. The van der Waals surface area contributed by atoms with Crippen LogP contribution in [-0.4, -0.2) is 18.1 Å². The molecule has 0 radical (unpaired) electrons. The Morgan fingerprint density at radius 3 is 2.29 bits per heavy atom. The van der Waals surface area contributed by atoms with Gasteiger partial charge in [-0.2, -0.15) is 0 Å². The van der Waals surface area contributed by atoms with E-state index >= 15 is 0 Å². The molecule has 0 rings (SSSR count). The normalized spacial score (nSPS) is 18.7. The van der Waals surface area contributed by atoms with Gasteiger partial charge in [0.05, 0.1) is 0 Å². The lowest BCUT2D eigenvalue weighted by atomic mass is 10.9. The minimum atomic E-state index is -2.14. The number of hydrogen-bond acceptors (Lipinski definition) is 3. The van der Waals surface area contributed by atoms with Gasteiger partial charge in [-0.05, 0) is 6.92 Å². The van der Waals surface area contributed by atoms with Crippen LogP contribution in [0.1, 0.15) is 6.92 Å². The summed E-state index contributed by atoms with van der Waals surface area (Å²) in [5.41, 5.74) is 0. The fraction of sp³-hybridized carbons (Fsp3) is 1.00. The number of aliphatic hydroxyl groups is 1. The van der Waals surface area contributed by atoms with Gasteiger partial charge in [0.25, 0.3) is 0 Å². The fourth-order valence-corrected chi connectivity index (χ4v) is 0.512. The highest BCUT2D eigenvalue weighted by molar-refractivity contribution is 7.39. The van der Waals surface area contributed by atoms with Crippen LogP contribution in [-0.2, 0) is 9.09 Å². The van der Waals surface area contributed by atoms with Crippen molar-refractivity contribution in [3.63, 3.8) is 0 Å². The first-order chi connectivity index (χ1) is 3.18. The average Bonchev–Trinajstić information content (AvgIpc) is 1.65. The molecule has 0 aromatic rings. The minimum absolute atomic E-state index is 0.810. The lowest BCUT2D eigenvalue weighted by molar-refractivity contribution is 0.247. The molecule has 2 atom stereocenters. The van der Waals surface area contributed by atoms with Crippen molar-refractivity contribution in [1.82, 2.24) is 0 Å². The Hall–Kier alpha value is 0.150. The first kappa shape index (κ1) is 7.15. The number of hydrogen-bond donors (Lipinski definition) is 1. The van der Waals surface area contributed by atoms with E-state index in [1.54, 1.807) is 0 Å². The predicted octanol–water partition coefficient (Wildman–Crippen LogP) is 0.446. The zero-order chi connectivity index (χ0) is 5.86. The Bertz CT molecular complexity index is 70.6. The molecule has 0 aliphatic carbocycles. The second-order valence-corrected chi connectivity index (χ2v) is 3.08. The Morgan fingerprint density at radius 1 is 1.86 bits per heavy atom. The van der Waals surface area contributed by atoms with Crippen LogP contribution in [0, 0.1) is 0 Å². The summed E-state index contributed by atoms with van der Waals surface area (Å²) in [4.78, 5) is 0. The minimum Gasteiger partial charge on any atom is -0.384 e. The molecule has 4 heteroatoms. The standard InChI is InChI=1S/C3H9O3P/c1-3(4)7(5)6-2/h3-4,7H,1-2H3. The van der Waals surface area contributed by atoms with Crippen molar-refractivity contribution in [2.24, 2.45) is 0 Å².